The van der Waals surface area contributed by atoms with Crippen molar-refractivity contribution >= 4 is 27.0 Å². The lowest BCUT2D eigenvalue weighted by Gasteiger charge is -2.07. The van der Waals surface area contributed by atoms with E-state index in [9.17, 15) is 0 Å². The van der Waals surface area contributed by atoms with E-state index < -0.39 is 0 Å². The van der Waals surface area contributed by atoms with Gasteiger partial charge in [-0.1, -0.05) is 57.9 Å². The number of oxazole rings is 1. The summed E-state index contributed by atoms with van der Waals surface area (Å²) < 4.78 is 5.77. The van der Waals surface area contributed by atoms with Gasteiger partial charge in [-0.3, -0.25) is 0 Å². The van der Waals surface area contributed by atoms with Crippen LogP contribution in [0, 0.1) is 6.92 Å². The summed E-state index contributed by atoms with van der Waals surface area (Å²) in [6, 6.07) is 16.6. The third-order valence-electron chi connectivity index (χ3n) is 3.60. The predicted molar refractivity (Wildman–Crippen MR) is 89.9 cm³/mol. The van der Waals surface area contributed by atoms with E-state index in [2.05, 4.69) is 52.1 Å². The normalized spacial score (nSPS) is 12.7. The van der Waals surface area contributed by atoms with Gasteiger partial charge < -0.3 is 4.42 Å². The van der Waals surface area contributed by atoms with Crippen LogP contribution in [0.2, 0.25) is 0 Å². The van der Waals surface area contributed by atoms with Crippen LogP contribution >= 0.6 is 15.9 Å². The van der Waals surface area contributed by atoms with Gasteiger partial charge in [-0.05, 0) is 37.5 Å². The standard InChI is InChI=1S/C18H18BrNO/c1-13-6-8-14(9-7-13)10-11-15(19)12-18-20-16-4-2-3-5-17(16)21-18/h2-9,15H,10-12H2,1H3. The number of hydrogen-bond acceptors (Lipinski definition) is 2. The van der Waals surface area contributed by atoms with E-state index in [1.165, 1.54) is 11.1 Å². The molecule has 0 aliphatic carbocycles. The van der Waals surface area contributed by atoms with Crippen molar-refractivity contribution in [3.63, 3.8) is 0 Å². The third-order valence-corrected chi connectivity index (χ3v) is 4.38. The lowest BCUT2D eigenvalue weighted by molar-refractivity contribution is 0.520. The fourth-order valence-electron chi connectivity index (χ4n) is 2.38. The molecule has 0 saturated carbocycles. The molecular weight excluding hydrogens is 326 g/mol. The van der Waals surface area contributed by atoms with Crippen LogP contribution in [0.15, 0.2) is 52.9 Å². The fourth-order valence-corrected chi connectivity index (χ4v) is 2.88. The second-order valence-corrected chi connectivity index (χ2v) is 6.70. The maximum atomic E-state index is 5.77. The molecule has 0 amide bonds. The quantitative estimate of drug-likeness (QED) is 0.604. The van der Waals surface area contributed by atoms with Crippen molar-refractivity contribution in [2.75, 3.05) is 0 Å². The van der Waals surface area contributed by atoms with Gasteiger partial charge >= 0.3 is 0 Å². The van der Waals surface area contributed by atoms with Crippen molar-refractivity contribution in [2.45, 2.75) is 31.0 Å². The van der Waals surface area contributed by atoms with Crippen LogP contribution in [-0.2, 0) is 12.8 Å². The summed E-state index contributed by atoms with van der Waals surface area (Å²) in [6.45, 7) is 2.12. The molecule has 3 rings (SSSR count). The molecule has 3 aromatic rings. The van der Waals surface area contributed by atoms with Crippen molar-refractivity contribution in [1.82, 2.24) is 4.98 Å². The summed E-state index contributed by atoms with van der Waals surface area (Å²) >= 11 is 3.74. The molecule has 0 fully saturated rings. The summed E-state index contributed by atoms with van der Waals surface area (Å²) in [5.41, 5.74) is 4.49. The Morgan fingerprint density at radius 3 is 2.62 bits per heavy atom. The Kier molecular flexibility index (Phi) is 4.39. The first-order valence-electron chi connectivity index (χ1n) is 7.25. The summed E-state index contributed by atoms with van der Waals surface area (Å²) in [4.78, 5) is 4.90. The molecule has 21 heavy (non-hydrogen) atoms. The summed E-state index contributed by atoms with van der Waals surface area (Å²) in [5.74, 6) is 0.807. The minimum atomic E-state index is 0.381. The summed E-state index contributed by atoms with van der Waals surface area (Å²) in [6.07, 6.45) is 2.96. The van der Waals surface area contributed by atoms with Crippen molar-refractivity contribution < 1.29 is 4.42 Å². The fraction of sp³-hybridized carbons (Fsp3) is 0.278. The number of alkyl halides is 1. The molecule has 2 nitrogen and oxygen atoms in total. The number of rotatable bonds is 5. The smallest absolute Gasteiger partial charge is 0.196 e. The number of benzene rings is 2. The maximum absolute atomic E-state index is 5.77. The molecule has 1 atom stereocenters. The van der Waals surface area contributed by atoms with Crippen LogP contribution in [0.4, 0.5) is 0 Å². The SMILES string of the molecule is Cc1ccc(CCC(Br)Cc2nc3ccccc3o2)cc1. The first-order valence-corrected chi connectivity index (χ1v) is 8.16. The zero-order valence-electron chi connectivity index (χ0n) is 12.1. The molecule has 3 heteroatoms. The van der Waals surface area contributed by atoms with E-state index in [1.54, 1.807) is 0 Å². The molecule has 0 N–H and O–H groups in total. The Labute approximate surface area is 133 Å². The maximum Gasteiger partial charge on any atom is 0.196 e. The highest BCUT2D eigenvalue weighted by molar-refractivity contribution is 9.09. The highest BCUT2D eigenvalue weighted by atomic mass is 79.9. The Morgan fingerprint density at radius 1 is 1.10 bits per heavy atom. The van der Waals surface area contributed by atoms with Gasteiger partial charge in [0.05, 0.1) is 0 Å². The molecule has 0 aliphatic rings. The van der Waals surface area contributed by atoms with E-state index in [4.69, 9.17) is 4.42 Å². The van der Waals surface area contributed by atoms with Gasteiger partial charge in [0.2, 0.25) is 0 Å². The molecule has 0 spiro atoms. The third kappa shape index (κ3) is 3.73. The Hall–Kier alpha value is -1.61. The molecule has 0 bridgehead atoms. The van der Waals surface area contributed by atoms with Crippen LogP contribution in [-0.4, -0.2) is 9.81 Å². The summed E-state index contributed by atoms with van der Waals surface area (Å²) in [7, 11) is 0. The molecule has 1 unspecified atom stereocenters. The average Bonchev–Trinajstić information content (AvgIpc) is 2.88. The topological polar surface area (TPSA) is 26.0 Å². The van der Waals surface area contributed by atoms with Crippen molar-refractivity contribution in [2.24, 2.45) is 0 Å². The van der Waals surface area contributed by atoms with Crippen molar-refractivity contribution in [1.29, 1.82) is 0 Å². The van der Waals surface area contributed by atoms with E-state index in [0.717, 1.165) is 36.3 Å². The van der Waals surface area contributed by atoms with Crippen LogP contribution in [0.5, 0.6) is 0 Å². The molecule has 1 heterocycles. The lowest BCUT2D eigenvalue weighted by Crippen LogP contribution is -2.04. The molecule has 0 aliphatic heterocycles. The highest BCUT2D eigenvalue weighted by Crippen LogP contribution is 2.20. The Morgan fingerprint density at radius 2 is 1.86 bits per heavy atom. The predicted octanol–water partition coefficient (Wildman–Crippen LogP) is 5.08. The van der Waals surface area contributed by atoms with Crippen LogP contribution in [0.25, 0.3) is 11.1 Å². The lowest BCUT2D eigenvalue weighted by atomic mass is 10.1. The minimum absolute atomic E-state index is 0.381. The largest absolute Gasteiger partial charge is 0.441 e. The Balaban J connectivity index is 1.58. The van der Waals surface area contributed by atoms with E-state index in [1.807, 2.05) is 24.3 Å². The van der Waals surface area contributed by atoms with Gasteiger partial charge in [-0.25, -0.2) is 4.98 Å². The average molecular weight is 344 g/mol. The Bertz CT molecular complexity index is 684. The first-order chi connectivity index (χ1) is 10.2. The van der Waals surface area contributed by atoms with Crippen molar-refractivity contribution in [3.05, 3.63) is 65.5 Å². The molecule has 108 valence electrons. The number of para-hydroxylation sites is 2. The zero-order chi connectivity index (χ0) is 14.7. The minimum Gasteiger partial charge on any atom is -0.441 e. The first kappa shape index (κ1) is 14.3. The highest BCUT2D eigenvalue weighted by Gasteiger charge is 2.11. The second kappa shape index (κ2) is 6.44. The van der Waals surface area contributed by atoms with E-state index in [-0.39, 0.29) is 0 Å². The molecule has 2 aromatic carbocycles. The van der Waals surface area contributed by atoms with E-state index in [0.29, 0.717) is 4.83 Å². The van der Waals surface area contributed by atoms with Crippen LogP contribution < -0.4 is 0 Å². The van der Waals surface area contributed by atoms with Gasteiger partial charge in [-0.15, -0.1) is 0 Å². The zero-order valence-corrected chi connectivity index (χ0v) is 13.6. The number of aryl methyl sites for hydroxylation is 2. The van der Waals surface area contributed by atoms with Gasteiger partial charge in [-0.2, -0.15) is 0 Å². The van der Waals surface area contributed by atoms with Gasteiger partial charge in [0.15, 0.2) is 11.5 Å². The number of aromatic nitrogens is 1. The number of halogens is 1. The van der Waals surface area contributed by atoms with Crippen LogP contribution in [0.3, 0.4) is 0 Å². The summed E-state index contributed by atoms with van der Waals surface area (Å²) in [5, 5.41) is 0. The number of nitrogens with zero attached hydrogens (tertiary/aromatic N) is 1. The number of fused-ring (bicyclic) bond motifs is 1. The second-order valence-electron chi connectivity index (χ2n) is 5.40. The molecular formula is C18H18BrNO. The van der Waals surface area contributed by atoms with Gasteiger partial charge in [0.25, 0.3) is 0 Å². The molecule has 1 aromatic heterocycles. The monoisotopic (exact) mass is 343 g/mol. The van der Waals surface area contributed by atoms with Gasteiger partial charge in [0.1, 0.15) is 5.52 Å². The molecule has 0 saturated heterocycles. The van der Waals surface area contributed by atoms with Gasteiger partial charge in [0, 0.05) is 11.2 Å². The number of hydrogen-bond donors (Lipinski definition) is 0. The van der Waals surface area contributed by atoms with Crippen molar-refractivity contribution in [3.8, 4) is 0 Å². The van der Waals surface area contributed by atoms with E-state index >= 15 is 0 Å². The molecule has 0 radical (unpaired) electrons. The van der Waals surface area contributed by atoms with Crippen LogP contribution in [0.1, 0.15) is 23.4 Å².